The predicted molar refractivity (Wildman–Crippen MR) is 69.3 cm³/mol. The first kappa shape index (κ1) is 13.2. The van der Waals surface area contributed by atoms with E-state index in [2.05, 4.69) is 11.4 Å². The van der Waals surface area contributed by atoms with E-state index in [-0.39, 0.29) is 6.04 Å². The lowest BCUT2D eigenvalue weighted by atomic mass is 9.95. The molecule has 18 heavy (non-hydrogen) atoms. The molecule has 0 saturated carbocycles. The summed E-state index contributed by atoms with van der Waals surface area (Å²) in [7, 11) is 1.82. The molecule has 2 rings (SSSR count). The van der Waals surface area contributed by atoms with Crippen molar-refractivity contribution in [1.82, 2.24) is 5.32 Å². The molecule has 1 aromatic rings. The second-order valence-electron chi connectivity index (χ2n) is 4.77. The molecule has 1 atom stereocenters. The number of benzene rings is 1. The number of rotatable bonds is 3. The van der Waals surface area contributed by atoms with Gasteiger partial charge in [-0.1, -0.05) is 24.1 Å². The maximum atomic E-state index is 13.8. The van der Waals surface area contributed by atoms with Gasteiger partial charge in [-0.05, 0) is 38.8 Å². The summed E-state index contributed by atoms with van der Waals surface area (Å²) < 4.78 is 26.8. The second-order valence-corrected chi connectivity index (χ2v) is 4.77. The van der Waals surface area contributed by atoms with Crippen LogP contribution in [0.3, 0.4) is 0 Å². The normalized spacial score (nSPS) is 18.1. The molecule has 0 amide bonds. The SMILES string of the molecule is CNC(C1=CCCCCC1)c1ccc(F)cc1F. The quantitative estimate of drug-likeness (QED) is 0.797. The molecule has 0 aromatic heterocycles. The van der Waals surface area contributed by atoms with Crippen LogP contribution in [-0.2, 0) is 0 Å². The minimum Gasteiger partial charge on any atom is -0.310 e. The molecule has 1 aromatic carbocycles. The highest BCUT2D eigenvalue weighted by Gasteiger charge is 2.19. The van der Waals surface area contributed by atoms with E-state index in [0.717, 1.165) is 25.3 Å². The second kappa shape index (κ2) is 6.10. The summed E-state index contributed by atoms with van der Waals surface area (Å²) in [6, 6.07) is 3.68. The van der Waals surface area contributed by atoms with Crippen LogP contribution in [0.2, 0.25) is 0 Å². The monoisotopic (exact) mass is 251 g/mol. The van der Waals surface area contributed by atoms with Crippen molar-refractivity contribution in [1.29, 1.82) is 0 Å². The van der Waals surface area contributed by atoms with E-state index < -0.39 is 11.6 Å². The third kappa shape index (κ3) is 2.96. The first-order chi connectivity index (χ1) is 8.72. The van der Waals surface area contributed by atoms with Crippen LogP contribution >= 0.6 is 0 Å². The van der Waals surface area contributed by atoms with Gasteiger partial charge in [0.2, 0.25) is 0 Å². The van der Waals surface area contributed by atoms with Gasteiger partial charge in [-0.3, -0.25) is 0 Å². The average molecular weight is 251 g/mol. The molecule has 1 nitrogen and oxygen atoms in total. The van der Waals surface area contributed by atoms with E-state index in [1.807, 2.05) is 7.05 Å². The minimum absolute atomic E-state index is 0.135. The first-order valence-electron chi connectivity index (χ1n) is 6.53. The van der Waals surface area contributed by atoms with Gasteiger partial charge < -0.3 is 5.32 Å². The Labute approximate surface area is 107 Å². The Bertz CT molecular complexity index is 440. The van der Waals surface area contributed by atoms with Gasteiger partial charge in [-0.2, -0.15) is 0 Å². The van der Waals surface area contributed by atoms with Crippen LogP contribution in [-0.4, -0.2) is 7.05 Å². The Morgan fingerprint density at radius 2 is 2.00 bits per heavy atom. The molecule has 0 radical (unpaired) electrons. The van der Waals surface area contributed by atoms with E-state index >= 15 is 0 Å². The first-order valence-corrected chi connectivity index (χ1v) is 6.53. The summed E-state index contributed by atoms with van der Waals surface area (Å²) in [5, 5.41) is 3.15. The van der Waals surface area contributed by atoms with Crippen molar-refractivity contribution in [3.63, 3.8) is 0 Å². The van der Waals surface area contributed by atoms with E-state index in [9.17, 15) is 8.78 Å². The van der Waals surface area contributed by atoms with E-state index in [1.54, 1.807) is 0 Å². The molecule has 0 spiro atoms. The van der Waals surface area contributed by atoms with E-state index in [0.29, 0.717) is 5.56 Å². The van der Waals surface area contributed by atoms with Crippen molar-refractivity contribution in [2.24, 2.45) is 0 Å². The summed E-state index contributed by atoms with van der Waals surface area (Å²) >= 11 is 0. The average Bonchev–Trinajstić information content (AvgIpc) is 2.62. The molecule has 1 aliphatic carbocycles. The fourth-order valence-corrected chi connectivity index (χ4v) is 2.58. The lowest BCUT2D eigenvalue weighted by Gasteiger charge is -2.20. The van der Waals surface area contributed by atoms with Crippen molar-refractivity contribution in [3.05, 3.63) is 47.0 Å². The number of hydrogen-bond acceptors (Lipinski definition) is 1. The van der Waals surface area contributed by atoms with Gasteiger partial charge in [0.05, 0.1) is 6.04 Å². The van der Waals surface area contributed by atoms with Crippen LogP contribution in [0, 0.1) is 11.6 Å². The molecule has 0 aliphatic heterocycles. The Hall–Kier alpha value is -1.22. The van der Waals surface area contributed by atoms with E-state index in [1.165, 1.54) is 30.5 Å². The summed E-state index contributed by atoms with van der Waals surface area (Å²) in [5.74, 6) is -1.000. The molecule has 0 bridgehead atoms. The number of halogens is 2. The third-order valence-electron chi connectivity index (χ3n) is 3.51. The van der Waals surface area contributed by atoms with Crippen LogP contribution in [0.1, 0.15) is 43.7 Å². The fraction of sp³-hybridized carbons (Fsp3) is 0.467. The summed E-state index contributed by atoms with van der Waals surface area (Å²) in [6.45, 7) is 0. The summed E-state index contributed by atoms with van der Waals surface area (Å²) in [5.41, 5.74) is 1.76. The topological polar surface area (TPSA) is 12.0 Å². The van der Waals surface area contributed by atoms with Crippen LogP contribution < -0.4 is 5.32 Å². The number of likely N-dealkylation sites (N-methyl/N-ethyl adjacent to an activating group) is 1. The predicted octanol–water partition coefficient (Wildman–Crippen LogP) is 4.12. The zero-order valence-corrected chi connectivity index (χ0v) is 10.7. The maximum Gasteiger partial charge on any atom is 0.131 e. The Kier molecular flexibility index (Phi) is 4.48. The zero-order chi connectivity index (χ0) is 13.0. The number of nitrogens with one attached hydrogen (secondary N) is 1. The molecule has 98 valence electrons. The fourth-order valence-electron chi connectivity index (χ4n) is 2.58. The van der Waals surface area contributed by atoms with Crippen LogP contribution in [0.25, 0.3) is 0 Å². The standard InChI is InChI=1S/C15H19F2N/c1-18-15(11-6-4-2-3-5-7-11)13-9-8-12(16)10-14(13)17/h6,8-10,15,18H,2-5,7H2,1H3. The van der Waals surface area contributed by atoms with Crippen LogP contribution in [0.5, 0.6) is 0 Å². The molecule has 3 heteroatoms. The van der Waals surface area contributed by atoms with Crippen molar-refractivity contribution in [2.45, 2.75) is 38.1 Å². The molecular formula is C15H19F2N. The van der Waals surface area contributed by atoms with E-state index in [4.69, 9.17) is 0 Å². The largest absolute Gasteiger partial charge is 0.310 e. The highest BCUT2D eigenvalue weighted by Crippen LogP contribution is 2.30. The third-order valence-corrected chi connectivity index (χ3v) is 3.51. The molecule has 1 N–H and O–H groups in total. The lowest BCUT2D eigenvalue weighted by molar-refractivity contribution is 0.542. The highest BCUT2D eigenvalue weighted by molar-refractivity contribution is 5.30. The van der Waals surface area contributed by atoms with Crippen molar-refractivity contribution < 1.29 is 8.78 Å². The minimum atomic E-state index is -0.527. The van der Waals surface area contributed by atoms with Crippen LogP contribution in [0.4, 0.5) is 8.78 Å². The van der Waals surface area contributed by atoms with Gasteiger partial charge in [0.15, 0.2) is 0 Å². The van der Waals surface area contributed by atoms with Gasteiger partial charge in [0, 0.05) is 11.6 Å². The van der Waals surface area contributed by atoms with Crippen molar-refractivity contribution in [2.75, 3.05) is 7.05 Å². The Morgan fingerprint density at radius 3 is 2.72 bits per heavy atom. The Morgan fingerprint density at radius 1 is 1.17 bits per heavy atom. The summed E-state index contributed by atoms with van der Waals surface area (Å²) in [4.78, 5) is 0. The molecule has 0 fully saturated rings. The molecule has 1 unspecified atom stereocenters. The Balaban J connectivity index is 2.29. The zero-order valence-electron chi connectivity index (χ0n) is 10.7. The van der Waals surface area contributed by atoms with Gasteiger partial charge in [0.1, 0.15) is 11.6 Å². The van der Waals surface area contributed by atoms with Gasteiger partial charge in [0.25, 0.3) is 0 Å². The lowest BCUT2D eigenvalue weighted by Crippen LogP contribution is -2.20. The summed E-state index contributed by atoms with van der Waals surface area (Å²) in [6.07, 6.45) is 7.82. The highest BCUT2D eigenvalue weighted by atomic mass is 19.1. The molecular weight excluding hydrogens is 232 g/mol. The molecule has 1 aliphatic rings. The number of allylic oxidation sites excluding steroid dienone is 1. The van der Waals surface area contributed by atoms with Crippen molar-refractivity contribution in [3.8, 4) is 0 Å². The molecule has 0 saturated heterocycles. The van der Waals surface area contributed by atoms with Crippen LogP contribution in [0.15, 0.2) is 29.8 Å². The smallest absolute Gasteiger partial charge is 0.131 e. The van der Waals surface area contributed by atoms with Crippen molar-refractivity contribution >= 4 is 0 Å². The van der Waals surface area contributed by atoms with Gasteiger partial charge in [-0.15, -0.1) is 0 Å². The maximum absolute atomic E-state index is 13.8. The van der Waals surface area contributed by atoms with Gasteiger partial charge >= 0.3 is 0 Å². The number of hydrogen-bond donors (Lipinski definition) is 1. The van der Waals surface area contributed by atoms with Gasteiger partial charge in [-0.25, -0.2) is 8.78 Å². The molecule has 0 heterocycles.